The SMILES string of the molecule is NC(CC(F)(F)F)C1CCCc2cccnc21. The molecule has 1 aromatic rings. The normalized spacial score (nSPS) is 22.0. The Morgan fingerprint density at radius 1 is 1.47 bits per heavy atom. The van der Waals surface area contributed by atoms with Crippen LogP contribution in [0.3, 0.4) is 0 Å². The molecule has 2 nitrogen and oxygen atoms in total. The van der Waals surface area contributed by atoms with Gasteiger partial charge in [-0.3, -0.25) is 4.98 Å². The van der Waals surface area contributed by atoms with Crippen LogP contribution in [-0.4, -0.2) is 17.2 Å². The van der Waals surface area contributed by atoms with Crippen LogP contribution in [0.4, 0.5) is 13.2 Å². The summed E-state index contributed by atoms with van der Waals surface area (Å²) in [5.74, 6) is -0.262. The molecule has 2 rings (SSSR count). The lowest BCUT2D eigenvalue weighted by Gasteiger charge is -2.29. The molecule has 0 aromatic carbocycles. The van der Waals surface area contributed by atoms with Gasteiger partial charge >= 0.3 is 6.18 Å². The van der Waals surface area contributed by atoms with Gasteiger partial charge in [-0.05, 0) is 30.9 Å². The molecule has 1 aliphatic rings. The second-order valence-corrected chi connectivity index (χ2v) is 4.53. The Bertz CT molecular complexity index is 390. The number of fused-ring (bicyclic) bond motifs is 1. The fourth-order valence-corrected chi connectivity index (χ4v) is 2.47. The molecule has 2 unspecified atom stereocenters. The van der Waals surface area contributed by atoms with Gasteiger partial charge in [0.2, 0.25) is 0 Å². The van der Waals surface area contributed by atoms with Gasteiger partial charge in [0.25, 0.3) is 0 Å². The maximum absolute atomic E-state index is 12.3. The minimum Gasteiger partial charge on any atom is -0.327 e. The molecule has 0 fully saturated rings. The minimum atomic E-state index is -4.20. The number of hydrogen-bond acceptors (Lipinski definition) is 2. The van der Waals surface area contributed by atoms with Crippen LogP contribution in [0.5, 0.6) is 0 Å². The quantitative estimate of drug-likeness (QED) is 0.868. The Balaban J connectivity index is 2.18. The van der Waals surface area contributed by atoms with E-state index >= 15 is 0 Å². The molecule has 0 radical (unpaired) electrons. The Kier molecular flexibility index (Phi) is 3.38. The molecule has 0 saturated carbocycles. The Hall–Kier alpha value is -1.10. The van der Waals surface area contributed by atoms with Gasteiger partial charge in [0.1, 0.15) is 0 Å². The fourth-order valence-electron chi connectivity index (χ4n) is 2.47. The smallest absolute Gasteiger partial charge is 0.327 e. The molecule has 0 bridgehead atoms. The van der Waals surface area contributed by atoms with E-state index in [0.717, 1.165) is 24.1 Å². The average Bonchev–Trinajstić information content (AvgIpc) is 2.26. The van der Waals surface area contributed by atoms with E-state index in [0.29, 0.717) is 6.42 Å². The summed E-state index contributed by atoms with van der Waals surface area (Å²) in [6.45, 7) is 0. The van der Waals surface area contributed by atoms with E-state index in [2.05, 4.69) is 4.98 Å². The zero-order valence-corrected chi connectivity index (χ0v) is 9.37. The summed E-state index contributed by atoms with van der Waals surface area (Å²) in [5, 5.41) is 0. The van der Waals surface area contributed by atoms with Gasteiger partial charge in [-0.1, -0.05) is 6.07 Å². The van der Waals surface area contributed by atoms with E-state index in [1.165, 1.54) is 0 Å². The fraction of sp³-hybridized carbons (Fsp3) is 0.583. The lowest BCUT2D eigenvalue weighted by Crippen LogP contribution is -2.35. The van der Waals surface area contributed by atoms with Crippen molar-refractivity contribution in [3.63, 3.8) is 0 Å². The number of rotatable bonds is 2. The molecule has 1 heterocycles. The molecule has 5 heteroatoms. The van der Waals surface area contributed by atoms with E-state index < -0.39 is 18.6 Å². The summed E-state index contributed by atoms with van der Waals surface area (Å²) >= 11 is 0. The van der Waals surface area contributed by atoms with Crippen LogP contribution in [0, 0.1) is 0 Å². The monoisotopic (exact) mass is 244 g/mol. The average molecular weight is 244 g/mol. The van der Waals surface area contributed by atoms with Crippen molar-refractivity contribution in [1.82, 2.24) is 4.98 Å². The molecule has 1 aliphatic carbocycles. The predicted octanol–water partition coefficient (Wildman–Crippen LogP) is 2.78. The summed E-state index contributed by atoms with van der Waals surface area (Å²) in [6, 6.07) is 2.86. The van der Waals surface area contributed by atoms with Crippen LogP contribution in [0.25, 0.3) is 0 Å². The standard InChI is InChI=1S/C12H15F3N2/c13-12(14,15)7-10(16)9-5-1-3-8-4-2-6-17-11(8)9/h2,4,6,9-10H,1,3,5,7,16H2. The molecule has 2 atom stereocenters. The van der Waals surface area contributed by atoms with Gasteiger partial charge in [-0.15, -0.1) is 0 Å². The second-order valence-electron chi connectivity index (χ2n) is 4.53. The van der Waals surface area contributed by atoms with E-state index in [1.807, 2.05) is 12.1 Å². The zero-order chi connectivity index (χ0) is 12.5. The maximum Gasteiger partial charge on any atom is 0.390 e. The van der Waals surface area contributed by atoms with Crippen molar-refractivity contribution < 1.29 is 13.2 Å². The molecule has 2 N–H and O–H groups in total. The van der Waals surface area contributed by atoms with Crippen molar-refractivity contribution in [2.45, 2.75) is 43.8 Å². The molecule has 0 aliphatic heterocycles. The van der Waals surface area contributed by atoms with Crippen LogP contribution < -0.4 is 5.73 Å². The van der Waals surface area contributed by atoms with E-state index in [9.17, 15) is 13.2 Å². The van der Waals surface area contributed by atoms with Crippen LogP contribution in [0.1, 0.15) is 36.4 Å². The number of halogens is 3. The maximum atomic E-state index is 12.3. The third-order valence-electron chi connectivity index (χ3n) is 3.22. The Morgan fingerprint density at radius 3 is 2.94 bits per heavy atom. The largest absolute Gasteiger partial charge is 0.390 e. The number of pyridine rings is 1. The zero-order valence-electron chi connectivity index (χ0n) is 9.37. The third-order valence-corrected chi connectivity index (χ3v) is 3.22. The van der Waals surface area contributed by atoms with E-state index in [1.54, 1.807) is 6.20 Å². The van der Waals surface area contributed by atoms with Crippen LogP contribution in [-0.2, 0) is 6.42 Å². The lowest BCUT2D eigenvalue weighted by molar-refractivity contribution is -0.139. The number of aryl methyl sites for hydroxylation is 1. The van der Waals surface area contributed by atoms with Gasteiger partial charge in [0.05, 0.1) is 6.42 Å². The first-order chi connectivity index (χ1) is 7.97. The molecule has 17 heavy (non-hydrogen) atoms. The highest BCUT2D eigenvalue weighted by molar-refractivity contribution is 5.27. The van der Waals surface area contributed by atoms with Crippen LogP contribution >= 0.6 is 0 Å². The van der Waals surface area contributed by atoms with E-state index in [4.69, 9.17) is 5.73 Å². The highest BCUT2D eigenvalue weighted by atomic mass is 19.4. The summed E-state index contributed by atoms with van der Waals surface area (Å²) < 4.78 is 37.0. The van der Waals surface area contributed by atoms with Gasteiger partial charge in [-0.25, -0.2) is 0 Å². The summed E-state index contributed by atoms with van der Waals surface area (Å²) in [5.41, 5.74) is 7.49. The van der Waals surface area contributed by atoms with Gasteiger partial charge in [0, 0.05) is 23.9 Å². The topological polar surface area (TPSA) is 38.9 Å². The van der Waals surface area contributed by atoms with Crippen molar-refractivity contribution >= 4 is 0 Å². The molecule has 0 amide bonds. The number of nitrogens with zero attached hydrogens (tertiary/aromatic N) is 1. The van der Waals surface area contributed by atoms with Crippen molar-refractivity contribution in [1.29, 1.82) is 0 Å². The van der Waals surface area contributed by atoms with Gasteiger partial charge < -0.3 is 5.73 Å². The van der Waals surface area contributed by atoms with Gasteiger partial charge in [0.15, 0.2) is 0 Å². The number of nitrogens with two attached hydrogens (primary N) is 1. The molecule has 94 valence electrons. The van der Waals surface area contributed by atoms with Crippen molar-refractivity contribution in [2.24, 2.45) is 5.73 Å². The van der Waals surface area contributed by atoms with Crippen molar-refractivity contribution in [3.05, 3.63) is 29.6 Å². The predicted molar refractivity (Wildman–Crippen MR) is 58.6 cm³/mol. The first kappa shape index (κ1) is 12.4. The number of aromatic nitrogens is 1. The van der Waals surface area contributed by atoms with Crippen LogP contribution in [0.2, 0.25) is 0 Å². The van der Waals surface area contributed by atoms with Gasteiger partial charge in [-0.2, -0.15) is 13.2 Å². The Labute approximate surface area is 98.0 Å². The molecule has 1 aromatic heterocycles. The molecular weight excluding hydrogens is 229 g/mol. The molecule has 0 saturated heterocycles. The summed E-state index contributed by atoms with van der Waals surface area (Å²) in [6.07, 6.45) is -1.05. The van der Waals surface area contributed by atoms with Crippen LogP contribution in [0.15, 0.2) is 18.3 Å². The highest BCUT2D eigenvalue weighted by Gasteiger charge is 2.36. The number of hydrogen-bond donors (Lipinski definition) is 1. The first-order valence-electron chi connectivity index (χ1n) is 5.73. The number of alkyl halides is 3. The first-order valence-corrected chi connectivity index (χ1v) is 5.73. The van der Waals surface area contributed by atoms with Crippen molar-refractivity contribution in [2.75, 3.05) is 0 Å². The molecule has 0 spiro atoms. The van der Waals surface area contributed by atoms with E-state index in [-0.39, 0.29) is 5.92 Å². The summed E-state index contributed by atoms with van der Waals surface area (Å²) in [7, 11) is 0. The highest BCUT2D eigenvalue weighted by Crippen LogP contribution is 2.35. The lowest BCUT2D eigenvalue weighted by atomic mass is 9.81. The molecular formula is C12H15F3N2. The minimum absolute atomic E-state index is 0.262. The third kappa shape index (κ3) is 2.97. The second kappa shape index (κ2) is 4.64. The Morgan fingerprint density at radius 2 is 2.24 bits per heavy atom. The summed E-state index contributed by atoms with van der Waals surface area (Å²) in [4.78, 5) is 4.20. The van der Waals surface area contributed by atoms with Crippen molar-refractivity contribution in [3.8, 4) is 0 Å².